The van der Waals surface area contributed by atoms with E-state index in [-0.39, 0.29) is 12.1 Å². The third-order valence-electron chi connectivity index (χ3n) is 3.93. The first kappa shape index (κ1) is 21.2. The molecule has 0 saturated carbocycles. The van der Waals surface area contributed by atoms with Crippen LogP contribution in [0.25, 0.3) is 0 Å². The summed E-state index contributed by atoms with van der Waals surface area (Å²) in [5, 5.41) is 9.61. The van der Waals surface area contributed by atoms with Crippen LogP contribution in [0.2, 0.25) is 0 Å². The minimum atomic E-state index is -0.0925. The van der Waals surface area contributed by atoms with Gasteiger partial charge in [-0.05, 0) is 44.9 Å². The molecule has 0 aliphatic rings. The quantitative estimate of drug-likeness (QED) is 0.258. The Balaban J connectivity index is 3.19. The second-order valence-electron chi connectivity index (χ2n) is 6.08. The molecule has 130 valence electrons. The molecule has 0 bridgehead atoms. The van der Waals surface area contributed by atoms with Crippen LogP contribution in [0.5, 0.6) is 0 Å². The SMILES string of the molecule is CCCC(O)CCCC/C=C\CCCCCCCC(=O)OC. The number of ether oxygens (including phenoxy) is 1. The second kappa shape index (κ2) is 16.5. The maximum absolute atomic E-state index is 10.9. The van der Waals surface area contributed by atoms with Gasteiger partial charge >= 0.3 is 5.97 Å². The standard InChI is InChI=1S/C19H36O3/c1-3-15-18(20)16-13-11-9-7-5-4-6-8-10-12-14-17-19(21)22-2/h5,7,18,20H,3-4,6,8-17H2,1-2H3/b7-5-. The first-order valence-electron chi connectivity index (χ1n) is 9.10. The van der Waals surface area contributed by atoms with Gasteiger partial charge in [0.25, 0.3) is 0 Å². The van der Waals surface area contributed by atoms with Crippen molar-refractivity contribution in [1.82, 2.24) is 0 Å². The van der Waals surface area contributed by atoms with E-state index in [9.17, 15) is 9.90 Å². The Morgan fingerprint density at radius 2 is 1.55 bits per heavy atom. The molecule has 0 saturated heterocycles. The maximum Gasteiger partial charge on any atom is 0.305 e. The summed E-state index contributed by atoms with van der Waals surface area (Å²) in [4.78, 5) is 10.9. The van der Waals surface area contributed by atoms with Crippen molar-refractivity contribution in [3.05, 3.63) is 12.2 Å². The molecule has 0 aliphatic heterocycles. The van der Waals surface area contributed by atoms with Gasteiger partial charge in [-0.15, -0.1) is 0 Å². The summed E-state index contributed by atoms with van der Waals surface area (Å²) in [5.74, 6) is -0.0925. The highest BCUT2D eigenvalue weighted by molar-refractivity contribution is 5.68. The third kappa shape index (κ3) is 15.6. The second-order valence-corrected chi connectivity index (χ2v) is 6.08. The Hall–Kier alpha value is -0.830. The highest BCUT2D eigenvalue weighted by Crippen LogP contribution is 2.10. The Morgan fingerprint density at radius 3 is 2.18 bits per heavy atom. The lowest BCUT2D eigenvalue weighted by Crippen LogP contribution is -2.04. The predicted octanol–water partition coefficient (Wildman–Crippen LogP) is 5.17. The molecular formula is C19H36O3. The van der Waals surface area contributed by atoms with Gasteiger partial charge in [0.2, 0.25) is 0 Å². The van der Waals surface area contributed by atoms with Crippen molar-refractivity contribution in [1.29, 1.82) is 0 Å². The Kier molecular flexibility index (Phi) is 15.9. The van der Waals surface area contributed by atoms with Crippen LogP contribution in [0.15, 0.2) is 12.2 Å². The largest absolute Gasteiger partial charge is 0.469 e. The molecule has 0 aliphatic carbocycles. The van der Waals surface area contributed by atoms with E-state index in [1.165, 1.54) is 32.8 Å². The Bertz CT molecular complexity index is 274. The van der Waals surface area contributed by atoms with Crippen molar-refractivity contribution in [3.8, 4) is 0 Å². The van der Waals surface area contributed by atoms with Crippen LogP contribution in [-0.4, -0.2) is 24.3 Å². The van der Waals surface area contributed by atoms with Crippen molar-refractivity contribution in [2.24, 2.45) is 0 Å². The molecular weight excluding hydrogens is 276 g/mol. The van der Waals surface area contributed by atoms with Crippen LogP contribution in [0.3, 0.4) is 0 Å². The average Bonchev–Trinajstić information content (AvgIpc) is 2.51. The van der Waals surface area contributed by atoms with Gasteiger partial charge in [-0.25, -0.2) is 0 Å². The van der Waals surface area contributed by atoms with Crippen molar-refractivity contribution >= 4 is 5.97 Å². The number of hydrogen-bond acceptors (Lipinski definition) is 3. The van der Waals surface area contributed by atoms with E-state index >= 15 is 0 Å². The Morgan fingerprint density at radius 1 is 0.955 bits per heavy atom. The number of hydrogen-bond donors (Lipinski definition) is 1. The molecule has 0 rings (SSSR count). The lowest BCUT2D eigenvalue weighted by molar-refractivity contribution is -0.140. The first-order chi connectivity index (χ1) is 10.7. The maximum atomic E-state index is 10.9. The minimum absolute atomic E-state index is 0.0897. The van der Waals surface area contributed by atoms with Gasteiger partial charge in [0.05, 0.1) is 13.2 Å². The zero-order chi connectivity index (χ0) is 16.5. The summed E-state index contributed by atoms with van der Waals surface area (Å²) in [6, 6.07) is 0. The van der Waals surface area contributed by atoms with Gasteiger partial charge in [-0.3, -0.25) is 4.79 Å². The summed E-state index contributed by atoms with van der Waals surface area (Å²) in [5.41, 5.74) is 0. The summed E-state index contributed by atoms with van der Waals surface area (Å²) in [6.45, 7) is 2.12. The molecule has 0 radical (unpaired) electrons. The van der Waals surface area contributed by atoms with Crippen LogP contribution in [0.4, 0.5) is 0 Å². The molecule has 1 N–H and O–H groups in total. The van der Waals surface area contributed by atoms with Gasteiger partial charge in [-0.1, -0.05) is 51.2 Å². The van der Waals surface area contributed by atoms with Gasteiger partial charge < -0.3 is 9.84 Å². The summed E-state index contributed by atoms with van der Waals surface area (Å²) < 4.78 is 4.61. The van der Waals surface area contributed by atoms with Crippen LogP contribution in [0, 0.1) is 0 Å². The van der Waals surface area contributed by atoms with Gasteiger partial charge in [0.15, 0.2) is 0 Å². The van der Waals surface area contributed by atoms with E-state index < -0.39 is 0 Å². The summed E-state index contributed by atoms with van der Waals surface area (Å²) >= 11 is 0. The molecule has 3 heteroatoms. The number of carbonyl (C=O) groups is 1. The highest BCUT2D eigenvalue weighted by atomic mass is 16.5. The molecule has 0 aromatic heterocycles. The summed E-state index contributed by atoms with van der Waals surface area (Å²) in [7, 11) is 1.45. The van der Waals surface area contributed by atoms with E-state index in [1.54, 1.807) is 0 Å². The van der Waals surface area contributed by atoms with Crippen LogP contribution < -0.4 is 0 Å². The average molecular weight is 312 g/mol. The van der Waals surface area contributed by atoms with Gasteiger partial charge in [-0.2, -0.15) is 0 Å². The zero-order valence-corrected chi connectivity index (χ0v) is 14.7. The Labute approximate surface area is 137 Å². The highest BCUT2D eigenvalue weighted by Gasteiger charge is 2.01. The van der Waals surface area contributed by atoms with Crippen molar-refractivity contribution in [3.63, 3.8) is 0 Å². The predicted molar refractivity (Wildman–Crippen MR) is 92.9 cm³/mol. The number of aliphatic hydroxyl groups is 1. The molecule has 0 fully saturated rings. The van der Waals surface area contributed by atoms with E-state index in [0.717, 1.165) is 51.4 Å². The fraction of sp³-hybridized carbons (Fsp3) is 0.842. The topological polar surface area (TPSA) is 46.5 Å². The number of allylic oxidation sites excluding steroid dienone is 2. The molecule has 0 heterocycles. The van der Waals surface area contributed by atoms with Gasteiger partial charge in [0.1, 0.15) is 0 Å². The van der Waals surface area contributed by atoms with Crippen molar-refractivity contribution in [2.75, 3.05) is 7.11 Å². The van der Waals surface area contributed by atoms with Crippen LogP contribution in [0.1, 0.15) is 90.4 Å². The molecule has 1 atom stereocenters. The number of rotatable bonds is 15. The molecule has 3 nitrogen and oxygen atoms in total. The van der Waals surface area contributed by atoms with E-state index in [0.29, 0.717) is 6.42 Å². The van der Waals surface area contributed by atoms with Gasteiger partial charge in [0, 0.05) is 6.42 Å². The molecule has 0 spiro atoms. The fourth-order valence-corrected chi connectivity index (χ4v) is 2.52. The number of aliphatic hydroxyl groups excluding tert-OH is 1. The third-order valence-corrected chi connectivity index (χ3v) is 3.93. The summed E-state index contributed by atoms with van der Waals surface area (Å²) in [6.07, 6.45) is 18.4. The van der Waals surface area contributed by atoms with Crippen LogP contribution >= 0.6 is 0 Å². The normalized spacial score (nSPS) is 12.7. The van der Waals surface area contributed by atoms with E-state index in [1.807, 2.05) is 0 Å². The van der Waals surface area contributed by atoms with Crippen LogP contribution in [-0.2, 0) is 9.53 Å². The molecule has 0 aromatic carbocycles. The zero-order valence-electron chi connectivity index (χ0n) is 14.7. The molecule has 0 aromatic rings. The molecule has 0 amide bonds. The molecule has 22 heavy (non-hydrogen) atoms. The number of esters is 1. The van der Waals surface area contributed by atoms with E-state index in [4.69, 9.17) is 0 Å². The minimum Gasteiger partial charge on any atom is -0.469 e. The number of carbonyl (C=O) groups excluding carboxylic acids is 1. The monoisotopic (exact) mass is 312 g/mol. The van der Waals surface area contributed by atoms with Crippen molar-refractivity contribution < 1.29 is 14.6 Å². The number of methoxy groups -OCH3 is 1. The fourth-order valence-electron chi connectivity index (χ4n) is 2.52. The first-order valence-corrected chi connectivity index (χ1v) is 9.10. The lowest BCUT2D eigenvalue weighted by Gasteiger charge is -2.07. The molecule has 1 unspecified atom stereocenters. The smallest absolute Gasteiger partial charge is 0.305 e. The van der Waals surface area contributed by atoms with Crippen molar-refractivity contribution in [2.45, 2.75) is 96.5 Å². The number of unbranched alkanes of at least 4 members (excludes halogenated alkanes) is 7. The van der Waals surface area contributed by atoms with E-state index in [2.05, 4.69) is 23.8 Å². The lowest BCUT2D eigenvalue weighted by atomic mass is 10.1.